The molecule has 0 bridgehead atoms. The molecule has 0 saturated heterocycles. The molecular formula is C14H12BrFN2O2. The van der Waals surface area contributed by atoms with Crippen molar-refractivity contribution in [2.75, 3.05) is 0 Å². The molecule has 1 heterocycles. The van der Waals surface area contributed by atoms with Gasteiger partial charge in [0.25, 0.3) is 5.91 Å². The number of aryl methyl sites for hydroxylation is 2. The van der Waals surface area contributed by atoms with Gasteiger partial charge in [0, 0.05) is 5.69 Å². The van der Waals surface area contributed by atoms with E-state index < -0.39 is 11.7 Å². The lowest BCUT2D eigenvalue weighted by Crippen LogP contribution is -2.15. The number of nitrogens with two attached hydrogens (primary N) is 1. The molecule has 4 nitrogen and oxygen atoms in total. The van der Waals surface area contributed by atoms with Gasteiger partial charge in [-0.15, -0.1) is 0 Å². The van der Waals surface area contributed by atoms with Crippen LogP contribution in [0, 0.1) is 19.7 Å². The first kappa shape index (κ1) is 14.5. The molecule has 2 N–H and O–H groups in total. The summed E-state index contributed by atoms with van der Waals surface area (Å²) in [6.45, 7) is 3.54. The molecule has 0 atom stereocenters. The number of aromatic nitrogens is 1. The van der Waals surface area contributed by atoms with E-state index in [9.17, 15) is 9.18 Å². The van der Waals surface area contributed by atoms with Crippen LogP contribution in [0.2, 0.25) is 0 Å². The smallest absolute Gasteiger partial charge is 0.254 e. The Labute approximate surface area is 123 Å². The van der Waals surface area contributed by atoms with Gasteiger partial charge in [0.05, 0.1) is 4.47 Å². The molecule has 2 aromatic rings. The summed E-state index contributed by atoms with van der Waals surface area (Å²) in [6.07, 6.45) is 0. The highest BCUT2D eigenvalue weighted by molar-refractivity contribution is 9.10. The number of hydrogen-bond donors (Lipinski definition) is 1. The van der Waals surface area contributed by atoms with Gasteiger partial charge in [-0.05, 0) is 59.6 Å². The van der Waals surface area contributed by atoms with Crippen LogP contribution in [0.3, 0.4) is 0 Å². The SMILES string of the molecule is Cc1cc(C)c(C(N)=O)c(Oc2ccc(F)c(Br)c2)n1. The van der Waals surface area contributed by atoms with E-state index in [1.54, 1.807) is 19.9 Å². The zero-order valence-corrected chi connectivity index (χ0v) is 12.5. The molecule has 0 aliphatic rings. The number of amides is 1. The monoisotopic (exact) mass is 338 g/mol. The van der Waals surface area contributed by atoms with Gasteiger partial charge in [0.15, 0.2) is 0 Å². The average Bonchev–Trinajstić information content (AvgIpc) is 2.32. The molecular weight excluding hydrogens is 327 g/mol. The Morgan fingerprint density at radius 1 is 1.35 bits per heavy atom. The van der Waals surface area contributed by atoms with Crippen molar-refractivity contribution in [3.05, 3.63) is 51.4 Å². The highest BCUT2D eigenvalue weighted by Gasteiger charge is 2.16. The number of hydrogen-bond acceptors (Lipinski definition) is 3. The molecule has 0 aliphatic carbocycles. The van der Waals surface area contributed by atoms with Crippen LogP contribution >= 0.6 is 15.9 Å². The molecule has 0 aliphatic heterocycles. The molecule has 2 rings (SSSR count). The third-order valence-electron chi connectivity index (χ3n) is 2.66. The quantitative estimate of drug-likeness (QED) is 0.931. The van der Waals surface area contributed by atoms with Crippen molar-refractivity contribution in [2.45, 2.75) is 13.8 Å². The van der Waals surface area contributed by atoms with Crippen LogP contribution in [-0.2, 0) is 0 Å². The molecule has 1 aromatic heterocycles. The number of ether oxygens (including phenoxy) is 1. The summed E-state index contributed by atoms with van der Waals surface area (Å²) >= 11 is 3.07. The fraction of sp³-hybridized carbons (Fsp3) is 0.143. The summed E-state index contributed by atoms with van der Waals surface area (Å²) in [5.74, 6) is -0.543. The van der Waals surface area contributed by atoms with E-state index in [0.717, 1.165) is 0 Å². The molecule has 20 heavy (non-hydrogen) atoms. The van der Waals surface area contributed by atoms with Crippen molar-refractivity contribution >= 4 is 21.8 Å². The van der Waals surface area contributed by atoms with Crippen molar-refractivity contribution in [3.8, 4) is 11.6 Å². The Hall–Kier alpha value is -1.95. The second-order valence-electron chi connectivity index (χ2n) is 4.30. The zero-order valence-electron chi connectivity index (χ0n) is 10.9. The predicted octanol–water partition coefficient (Wildman–Crippen LogP) is 3.49. The van der Waals surface area contributed by atoms with Gasteiger partial charge in [-0.1, -0.05) is 0 Å². The van der Waals surface area contributed by atoms with E-state index in [2.05, 4.69) is 20.9 Å². The van der Waals surface area contributed by atoms with Crippen LogP contribution in [0.25, 0.3) is 0 Å². The topological polar surface area (TPSA) is 65.2 Å². The van der Waals surface area contributed by atoms with Crippen LogP contribution in [0.4, 0.5) is 4.39 Å². The number of carbonyl (C=O) groups excluding carboxylic acids is 1. The largest absolute Gasteiger partial charge is 0.438 e. The lowest BCUT2D eigenvalue weighted by atomic mass is 10.1. The van der Waals surface area contributed by atoms with Gasteiger partial charge < -0.3 is 10.5 Å². The number of primary amides is 1. The Balaban J connectivity index is 2.47. The number of pyridine rings is 1. The Morgan fingerprint density at radius 2 is 2.05 bits per heavy atom. The third kappa shape index (κ3) is 2.96. The first-order valence-corrected chi connectivity index (χ1v) is 6.58. The van der Waals surface area contributed by atoms with E-state index in [0.29, 0.717) is 17.0 Å². The molecule has 1 aromatic carbocycles. The van der Waals surface area contributed by atoms with E-state index in [1.807, 2.05) is 0 Å². The van der Waals surface area contributed by atoms with Crippen molar-refractivity contribution in [3.63, 3.8) is 0 Å². The molecule has 0 spiro atoms. The Bertz CT molecular complexity index is 689. The van der Waals surface area contributed by atoms with Crippen molar-refractivity contribution in [1.29, 1.82) is 0 Å². The summed E-state index contributed by atoms with van der Waals surface area (Å²) in [5, 5.41) is 0. The lowest BCUT2D eigenvalue weighted by Gasteiger charge is -2.11. The standard InChI is InChI=1S/C14H12BrFN2O2/c1-7-5-8(2)18-14(12(7)13(17)19)20-9-3-4-11(16)10(15)6-9/h3-6H,1-2H3,(H2,17,19). The summed E-state index contributed by atoms with van der Waals surface area (Å²) in [4.78, 5) is 15.7. The van der Waals surface area contributed by atoms with Crippen LogP contribution in [-0.4, -0.2) is 10.9 Å². The number of benzene rings is 1. The van der Waals surface area contributed by atoms with Gasteiger partial charge in [-0.2, -0.15) is 0 Å². The number of nitrogens with zero attached hydrogens (tertiary/aromatic N) is 1. The molecule has 0 unspecified atom stereocenters. The molecule has 104 valence electrons. The summed E-state index contributed by atoms with van der Waals surface area (Å²) in [6, 6.07) is 5.91. The molecule has 0 fully saturated rings. The van der Waals surface area contributed by atoms with E-state index >= 15 is 0 Å². The van der Waals surface area contributed by atoms with Gasteiger partial charge in [0.2, 0.25) is 5.88 Å². The zero-order chi connectivity index (χ0) is 14.9. The molecule has 0 saturated carbocycles. The number of halogens is 2. The number of rotatable bonds is 3. The van der Waals surface area contributed by atoms with Crippen LogP contribution in [0.1, 0.15) is 21.6 Å². The summed E-state index contributed by atoms with van der Waals surface area (Å²) in [7, 11) is 0. The van der Waals surface area contributed by atoms with Crippen LogP contribution in [0.15, 0.2) is 28.7 Å². The Kier molecular flexibility index (Phi) is 4.04. The third-order valence-corrected chi connectivity index (χ3v) is 3.27. The normalized spacial score (nSPS) is 10.4. The lowest BCUT2D eigenvalue weighted by molar-refractivity contribution is 0.0997. The maximum Gasteiger partial charge on any atom is 0.254 e. The van der Waals surface area contributed by atoms with Gasteiger partial charge in [0.1, 0.15) is 17.1 Å². The second-order valence-corrected chi connectivity index (χ2v) is 5.16. The average molecular weight is 339 g/mol. The van der Waals surface area contributed by atoms with Gasteiger partial charge in [-0.25, -0.2) is 9.37 Å². The van der Waals surface area contributed by atoms with E-state index in [-0.39, 0.29) is 15.9 Å². The second kappa shape index (κ2) is 5.58. The van der Waals surface area contributed by atoms with Crippen molar-refractivity contribution < 1.29 is 13.9 Å². The fourth-order valence-electron chi connectivity index (χ4n) is 1.83. The Morgan fingerprint density at radius 3 is 2.65 bits per heavy atom. The van der Waals surface area contributed by atoms with Gasteiger partial charge in [-0.3, -0.25) is 4.79 Å². The van der Waals surface area contributed by atoms with Crippen molar-refractivity contribution in [2.24, 2.45) is 5.73 Å². The molecule has 1 amide bonds. The minimum Gasteiger partial charge on any atom is -0.438 e. The van der Waals surface area contributed by atoms with Gasteiger partial charge >= 0.3 is 0 Å². The van der Waals surface area contributed by atoms with E-state index in [4.69, 9.17) is 10.5 Å². The minimum atomic E-state index is -0.619. The maximum atomic E-state index is 13.2. The first-order valence-electron chi connectivity index (χ1n) is 5.79. The molecule has 6 heteroatoms. The first-order chi connectivity index (χ1) is 9.38. The van der Waals surface area contributed by atoms with E-state index in [1.165, 1.54) is 18.2 Å². The highest BCUT2D eigenvalue weighted by atomic mass is 79.9. The maximum absolute atomic E-state index is 13.2. The highest BCUT2D eigenvalue weighted by Crippen LogP contribution is 2.29. The van der Waals surface area contributed by atoms with Crippen molar-refractivity contribution in [1.82, 2.24) is 4.98 Å². The summed E-state index contributed by atoms with van der Waals surface area (Å²) in [5.41, 5.74) is 6.94. The van der Waals surface area contributed by atoms with Crippen LogP contribution < -0.4 is 10.5 Å². The molecule has 0 radical (unpaired) electrons. The summed E-state index contributed by atoms with van der Waals surface area (Å²) < 4.78 is 19.0. The predicted molar refractivity (Wildman–Crippen MR) is 76.4 cm³/mol. The number of carbonyl (C=O) groups is 1. The van der Waals surface area contributed by atoms with Crippen LogP contribution in [0.5, 0.6) is 11.6 Å². The minimum absolute atomic E-state index is 0.119. The fourth-order valence-corrected chi connectivity index (χ4v) is 2.19.